The number of anilines is 1. The molecular weight excluding hydrogens is 672 g/mol. The van der Waals surface area contributed by atoms with Crippen molar-refractivity contribution in [1.29, 1.82) is 0 Å². The zero-order chi connectivity index (χ0) is 34.7. The van der Waals surface area contributed by atoms with Gasteiger partial charge in [0.2, 0.25) is 10.0 Å². The molecule has 0 radical (unpaired) electrons. The number of phenols is 1. The molecule has 13 nitrogen and oxygen atoms in total. The average molecular weight is 717 g/mol. The normalized spacial score (nSPS) is 21.1. The van der Waals surface area contributed by atoms with E-state index in [-0.39, 0.29) is 41.2 Å². The molecular formula is C34H45ClN6O7S. The Kier molecular flexibility index (Phi) is 10.9. The Morgan fingerprint density at radius 1 is 0.918 bits per heavy atom. The molecule has 4 aliphatic heterocycles. The molecule has 4 heterocycles. The number of carbonyl (C=O) groups excluding carboxylic acids is 3. The third-order valence-corrected chi connectivity index (χ3v) is 11.9. The van der Waals surface area contributed by atoms with E-state index in [1.807, 2.05) is 29.2 Å². The van der Waals surface area contributed by atoms with Gasteiger partial charge in [-0.1, -0.05) is 35.9 Å². The van der Waals surface area contributed by atoms with Gasteiger partial charge in [-0.3, -0.25) is 9.69 Å². The van der Waals surface area contributed by atoms with Gasteiger partial charge in [-0.05, 0) is 61.4 Å². The lowest BCUT2D eigenvalue weighted by Crippen LogP contribution is -2.55. The second-order valence-electron chi connectivity index (χ2n) is 13.4. The predicted octanol–water partition coefficient (Wildman–Crippen LogP) is 3.22. The average Bonchev–Trinajstić information content (AvgIpc) is 3.27. The predicted molar refractivity (Wildman–Crippen MR) is 185 cm³/mol. The number of piperidine rings is 2. The molecule has 0 spiro atoms. The van der Waals surface area contributed by atoms with Crippen LogP contribution in [0.5, 0.6) is 5.75 Å². The number of sulfonamides is 1. The fraction of sp³-hybridized carbons (Fsp3) is 0.559. The van der Waals surface area contributed by atoms with E-state index >= 15 is 0 Å². The van der Waals surface area contributed by atoms with Crippen LogP contribution in [-0.2, 0) is 32.4 Å². The van der Waals surface area contributed by atoms with E-state index in [0.29, 0.717) is 77.3 Å². The maximum absolute atomic E-state index is 13.9. The van der Waals surface area contributed by atoms with E-state index < -0.39 is 22.2 Å². The number of halogens is 1. The third-order valence-electron chi connectivity index (χ3n) is 10.3. The fourth-order valence-electron chi connectivity index (χ4n) is 7.42. The molecule has 4 amide bonds. The molecule has 0 bridgehead atoms. The van der Waals surface area contributed by atoms with Crippen LogP contribution >= 0.6 is 11.6 Å². The van der Waals surface area contributed by atoms with Gasteiger partial charge >= 0.3 is 12.1 Å². The van der Waals surface area contributed by atoms with Crippen LogP contribution in [-0.4, -0.2) is 139 Å². The van der Waals surface area contributed by atoms with Gasteiger partial charge < -0.3 is 29.9 Å². The second kappa shape index (κ2) is 15.1. The molecule has 3 saturated heterocycles. The van der Waals surface area contributed by atoms with Crippen molar-refractivity contribution in [2.45, 2.75) is 56.7 Å². The highest BCUT2D eigenvalue weighted by Gasteiger charge is 2.37. The van der Waals surface area contributed by atoms with Crippen LogP contribution in [0, 0.1) is 0 Å². The van der Waals surface area contributed by atoms with Gasteiger partial charge in [-0.25, -0.2) is 18.0 Å². The molecule has 266 valence electrons. The summed E-state index contributed by atoms with van der Waals surface area (Å²) < 4.78 is 31.3. The van der Waals surface area contributed by atoms with Crippen LogP contribution in [0.3, 0.4) is 0 Å². The molecule has 15 heteroatoms. The van der Waals surface area contributed by atoms with Crippen LogP contribution < -0.4 is 5.32 Å². The summed E-state index contributed by atoms with van der Waals surface area (Å²) >= 11 is 6.17. The monoisotopic (exact) mass is 716 g/mol. The number of amides is 4. The first-order valence-electron chi connectivity index (χ1n) is 17.0. The first-order valence-corrected chi connectivity index (χ1v) is 19.3. The topological polar surface area (TPSA) is 143 Å². The number of aromatic hydroxyl groups is 1. The molecule has 6 rings (SSSR count). The number of phenolic OH excluding ortho intramolecular Hbond substituents is 1. The van der Waals surface area contributed by atoms with Gasteiger partial charge in [0.05, 0.1) is 11.3 Å². The maximum Gasteiger partial charge on any atom is 0.410 e. The minimum absolute atomic E-state index is 0.0226. The zero-order valence-corrected chi connectivity index (χ0v) is 29.4. The number of para-hydroxylation sites is 1. The Labute approximate surface area is 292 Å². The summed E-state index contributed by atoms with van der Waals surface area (Å²) in [6.45, 7) is 4.59. The van der Waals surface area contributed by atoms with Gasteiger partial charge in [0.25, 0.3) is 5.91 Å². The minimum Gasteiger partial charge on any atom is -0.506 e. The number of likely N-dealkylation sites (tertiary alicyclic amines) is 2. The van der Waals surface area contributed by atoms with Crippen molar-refractivity contribution in [2.24, 2.45) is 0 Å². The summed E-state index contributed by atoms with van der Waals surface area (Å²) in [6.07, 6.45) is 3.08. The van der Waals surface area contributed by atoms with Crippen molar-refractivity contribution in [3.05, 3.63) is 58.6 Å². The summed E-state index contributed by atoms with van der Waals surface area (Å²) in [4.78, 5) is 48.0. The standard InChI is InChI=1S/C34H45ClN6O7S/c1-49(46,47)40-20-18-37(19-21-40)26-9-13-38(14-10-26)32(43)31(23-24-6-7-30(42)28(35)22-24)48-34(45)39-15-11-27(12-16-39)41-17-8-25-4-2-3-5-29(25)36-33(41)44/h2-7,22,26-27,31,42H,8-21,23H2,1H3,(H,36,44)/t31-/m1/s1. The lowest BCUT2D eigenvalue weighted by molar-refractivity contribution is -0.142. The van der Waals surface area contributed by atoms with Crippen molar-refractivity contribution in [3.63, 3.8) is 0 Å². The number of hydrogen-bond donors (Lipinski definition) is 2. The number of benzene rings is 2. The van der Waals surface area contributed by atoms with E-state index in [2.05, 4.69) is 10.2 Å². The van der Waals surface area contributed by atoms with Crippen molar-refractivity contribution in [3.8, 4) is 5.75 Å². The molecule has 1 atom stereocenters. The molecule has 2 aromatic carbocycles. The molecule has 2 aromatic rings. The molecule has 49 heavy (non-hydrogen) atoms. The Bertz CT molecular complexity index is 1640. The summed E-state index contributed by atoms with van der Waals surface area (Å²) in [5, 5.41) is 13.1. The summed E-state index contributed by atoms with van der Waals surface area (Å²) in [5.74, 6) is -0.358. The molecule has 0 saturated carbocycles. The first-order chi connectivity index (χ1) is 23.5. The number of hydrogen-bond acceptors (Lipinski definition) is 8. The highest BCUT2D eigenvalue weighted by molar-refractivity contribution is 7.88. The highest BCUT2D eigenvalue weighted by atomic mass is 35.5. The quantitative estimate of drug-likeness (QED) is 0.445. The second-order valence-corrected chi connectivity index (χ2v) is 15.8. The van der Waals surface area contributed by atoms with Crippen LogP contribution in [0.25, 0.3) is 0 Å². The Hall–Kier alpha value is -3.59. The molecule has 2 N–H and O–H groups in total. The van der Waals surface area contributed by atoms with Crippen LogP contribution in [0.2, 0.25) is 5.02 Å². The largest absolute Gasteiger partial charge is 0.506 e. The maximum atomic E-state index is 13.9. The van der Waals surface area contributed by atoms with Gasteiger partial charge in [0, 0.05) is 83.1 Å². The smallest absolute Gasteiger partial charge is 0.410 e. The Balaban J connectivity index is 1.06. The lowest BCUT2D eigenvalue weighted by Gasteiger charge is -2.42. The summed E-state index contributed by atoms with van der Waals surface area (Å²) in [5.41, 5.74) is 2.58. The van der Waals surface area contributed by atoms with Crippen molar-refractivity contribution < 1.29 is 32.6 Å². The molecule has 0 aliphatic carbocycles. The lowest BCUT2D eigenvalue weighted by atomic mass is 10.0. The van der Waals surface area contributed by atoms with E-state index in [0.717, 1.165) is 30.5 Å². The summed E-state index contributed by atoms with van der Waals surface area (Å²) in [6, 6.07) is 12.6. The zero-order valence-electron chi connectivity index (χ0n) is 27.8. The van der Waals surface area contributed by atoms with Crippen molar-refractivity contribution >= 4 is 45.3 Å². The number of nitrogens with zero attached hydrogens (tertiary/aromatic N) is 5. The molecule has 0 aromatic heterocycles. The Morgan fingerprint density at radius 2 is 1.57 bits per heavy atom. The number of carbonyl (C=O) groups is 3. The van der Waals surface area contributed by atoms with E-state index in [1.165, 1.54) is 16.6 Å². The number of nitrogens with one attached hydrogen (secondary N) is 1. The summed E-state index contributed by atoms with van der Waals surface area (Å²) in [7, 11) is -3.21. The number of piperazine rings is 1. The molecule has 3 fully saturated rings. The van der Waals surface area contributed by atoms with Crippen molar-refractivity contribution in [2.75, 3.05) is 70.5 Å². The van der Waals surface area contributed by atoms with Gasteiger partial charge in [0.1, 0.15) is 5.75 Å². The number of rotatable bonds is 7. The van der Waals surface area contributed by atoms with Crippen molar-refractivity contribution in [1.82, 2.24) is 23.9 Å². The van der Waals surface area contributed by atoms with Crippen LogP contribution in [0.1, 0.15) is 36.8 Å². The van der Waals surface area contributed by atoms with E-state index in [9.17, 15) is 27.9 Å². The fourth-order valence-corrected chi connectivity index (χ4v) is 8.45. The first kappa shape index (κ1) is 35.2. The van der Waals surface area contributed by atoms with Gasteiger partial charge in [0.15, 0.2) is 6.10 Å². The third kappa shape index (κ3) is 8.42. The highest BCUT2D eigenvalue weighted by Crippen LogP contribution is 2.28. The Morgan fingerprint density at radius 3 is 2.24 bits per heavy atom. The van der Waals surface area contributed by atoms with Gasteiger partial charge in [-0.15, -0.1) is 0 Å². The SMILES string of the molecule is CS(=O)(=O)N1CCN(C2CCN(C(=O)[C@@H](Cc3ccc(O)c(Cl)c3)OC(=O)N3CCC(N4CCc5ccccc5NC4=O)CC3)CC2)CC1. The van der Waals surface area contributed by atoms with Crippen LogP contribution in [0.15, 0.2) is 42.5 Å². The molecule has 4 aliphatic rings. The van der Waals surface area contributed by atoms with E-state index in [1.54, 1.807) is 21.9 Å². The minimum atomic E-state index is -3.21. The number of urea groups is 1. The van der Waals surface area contributed by atoms with Gasteiger partial charge in [-0.2, -0.15) is 4.31 Å². The molecule has 0 unspecified atom stereocenters. The van der Waals surface area contributed by atoms with E-state index in [4.69, 9.17) is 16.3 Å². The number of ether oxygens (including phenoxy) is 1. The number of fused-ring (bicyclic) bond motifs is 1. The van der Waals surface area contributed by atoms with Crippen LogP contribution in [0.4, 0.5) is 15.3 Å².